The van der Waals surface area contributed by atoms with Crippen LogP contribution in [-0.2, 0) is 19.1 Å². The van der Waals surface area contributed by atoms with Gasteiger partial charge in [0.05, 0.1) is 18.2 Å². The van der Waals surface area contributed by atoms with E-state index in [9.17, 15) is 23.1 Å². The SMILES string of the molecule is CC(C)=C(N)Cc1cccc(N2Cc3c(cc(C(C)O)cc3C(F)(F)F)C2=O)c1. The maximum atomic E-state index is 13.6. The molecule has 1 aliphatic heterocycles. The maximum Gasteiger partial charge on any atom is 0.416 e. The predicted octanol–water partition coefficient (Wildman–Crippen LogP) is 4.71. The molecule has 0 radical (unpaired) electrons. The largest absolute Gasteiger partial charge is 0.416 e. The molecule has 1 unspecified atom stereocenters. The quantitative estimate of drug-likeness (QED) is 0.775. The number of benzene rings is 2. The molecular weight excluding hydrogens is 381 g/mol. The standard InChI is InChI=1S/C22H23F3N2O2/c1-12(2)20(26)8-14-5-4-6-16(7-14)27-11-18-17(21(27)29)9-15(13(3)28)10-19(18)22(23,24)25/h4-7,9-10,13,28H,8,11,26H2,1-3H3. The monoisotopic (exact) mass is 404 g/mol. The van der Waals surface area contributed by atoms with E-state index in [0.717, 1.165) is 17.2 Å². The number of nitrogens with zero attached hydrogens (tertiary/aromatic N) is 1. The van der Waals surface area contributed by atoms with Crippen molar-refractivity contribution in [1.29, 1.82) is 0 Å². The van der Waals surface area contributed by atoms with E-state index in [0.29, 0.717) is 17.8 Å². The minimum absolute atomic E-state index is 0.0232. The summed E-state index contributed by atoms with van der Waals surface area (Å²) >= 11 is 0. The third-order valence-electron chi connectivity index (χ3n) is 5.11. The molecule has 0 bridgehead atoms. The average molecular weight is 404 g/mol. The summed E-state index contributed by atoms with van der Waals surface area (Å²) in [5, 5.41) is 9.77. The number of carbonyl (C=O) groups excluding carboxylic acids is 1. The molecule has 154 valence electrons. The van der Waals surface area contributed by atoms with Gasteiger partial charge in [-0.05, 0) is 61.7 Å². The second-order valence-corrected chi connectivity index (χ2v) is 7.53. The van der Waals surface area contributed by atoms with E-state index in [2.05, 4.69) is 0 Å². The van der Waals surface area contributed by atoms with Gasteiger partial charge in [0.2, 0.25) is 0 Å². The zero-order valence-electron chi connectivity index (χ0n) is 16.5. The second-order valence-electron chi connectivity index (χ2n) is 7.53. The Morgan fingerprint density at radius 2 is 1.93 bits per heavy atom. The minimum Gasteiger partial charge on any atom is -0.402 e. The van der Waals surface area contributed by atoms with Crippen LogP contribution < -0.4 is 10.6 Å². The van der Waals surface area contributed by atoms with Crippen LogP contribution in [0.4, 0.5) is 18.9 Å². The highest BCUT2D eigenvalue weighted by Crippen LogP contribution is 2.40. The molecule has 0 saturated heterocycles. The Hall–Kier alpha value is -2.80. The van der Waals surface area contributed by atoms with Gasteiger partial charge in [-0.15, -0.1) is 0 Å². The Balaban J connectivity index is 2.02. The topological polar surface area (TPSA) is 66.6 Å². The molecule has 1 atom stereocenters. The lowest BCUT2D eigenvalue weighted by Crippen LogP contribution is -2.23. The normalized spacial score (nSPS) is 14.7. The number of fused-ring (bicyclic) bond motifs is 1. The molecule has 3 rings (SSSR count). The fourth-order valence-corrected chi connectivity index (χ4v) is 3.36. The molecule has 0 saturated carbocycles. The average Bonchev–Trinajstić information content (AvgIpc) is 2.97. The van der Waals surface area contributed by atoms with Gasteiger partial charge in [-0.3, -0.25) is 4.79 Å². The minimum atomic E-state index is -4.62. The highest BCUT2D eigenvalue weighted by atomic mass is 19.4. The van der Waals surface area contributed by atoms with Crippen molar-refractivity contribution in [1.82, 2.24) is 0 Å². The lowest BCUT2D eigenvalue weighted by Gasteiger charge is -2.17. The van der Waals surface area contributed by atoms with Crippen LogP contribution in [0.15, 0.2) is 47.7 Å². The molecule has 0 aliphatic carbocycles. The molecule has 1 amide bonds. The van der Waals surface area contributed by atoms with Crippen LogP contribution in [0.5, 0.6) is 0 Å². The van der Waals surface area contributed by atoms with Gasteiger partial charge in [-0.2, -0.15) is 13.2 Å². The van der Waals surface area contributed by atoms with Crippen molar-refractivity contribution >= 4 is 11.6 Å². The first-order valence-corrected chi connectivity index (χ1v) is 9.23. The van der Waals surface area contributed by atoms with Crippen molar-refractivity contribution in [2.45, 2.75) is 46.0 Å². The smallest absolute Gasteiger partial charge is 0.402 e. The number of hydrogen-bond acceptors (Lipinski definition) is 3. The van der Waals surface area contributed by atoms with Crippen LogP contribution in [0.2, 0.25) is 0 Å². The van der Waals surface area contributed by atoms with Gasteiger partial charge in [-0.1, -0.05) is 17.7 Å². The number of aliphatic hydroxyl groups excluding tert-OH is 1. The third-order valence-corrected chi connectivity index (χ3v) is 5.11. The van der Waals surface area contributed by atoms with E-state index < -0.39 is 23.8 Å². The number of amides is 1. The highest BCUT2D eigenvalue weighted by molar-refractivity contribution is 6.10. The van der Waals surface area contributed by atoms with Crippen molar-refractivity contribution in [3.8, 4) is 0 Å². The van der Waals surface area contributed by atoms with Gasteiger partial charge in [0.15, 0.2) is 0 Å². The summed E-state index contributed by atoms with van der Waals surface area (Å²) in [6, 6.07) is 9.34. The van der Waals surface area contributed by atoms with Crippen LogP contribution in [0.3, 0.4) is 0 Å². The van der Waals surface area contributed by atoms with E-state index in [1.807, 2.05) is 19.9 Å². The van der Waals surface area contributed by atoms with Gasteiger partial charge < -0.3 is 15.7 Å². The molecule has 1 heterocycles. The first-order chi connectivity index (χ1) is 13.5. The van der Waals surface area contributed by atoms with Crippen molar-refractivity contribution in [2.75, 3.05) is 4.90 Å². The van der Waals surface area contributed by atoms with Gasteiger partial charge in [0.1, 0.15) is 0 Å². The van der Waals surface area contributed by atoms with Gasteiger partial charge in [0, 0.05) is 23.4 Å². The summed E-state index contributed by atoms with van der Waals surface area (Å²) in [6.45, 7) is 5.00. The Bertz CT molecular complexity index is 990. The summed E-state index contributed by atoms with van der Waals surface area (Å²) in [5.41, 5.74) is 8.17. The molecule has 7 heteroatoms. The lowest BCUT2D eigenvalue weighted by atomic mass is 9.97. The molecule has 4 nitrogen and oxygen atoms in total. The number of anilines is 1. The number of aliphatic hydroxyl groups is 1. The molecule has 2 aromatic carbocycles. The Morgan fingerprint density at radius 1 is 1.24 bits per heavy atom. The molecule has 0 aromatic heterocycles. The fraction of sp³-hybridized carbons (Fsp3) is 0.318. The zero-order chi connectivity index (χ0) is 21.5. The Kier molecular flexibility index (Phi) is 5.45. The van der Waals surface area contributed by atoms with E-state index in [4.69, 9.17) is 5.73 Å². The van der Waals surface area contributed by atoms with Gasteiger partial charge in [-0.25, -0.2) is 0 Å². The van der Waals surface area contributed by atoms with Crippen molar-refractivity contribution in [3.63, 3.8) is 0 Å². The van der Waals surface area contributed by atoms with Crippen molar-refractivity contribution in [2.24, 2.45) is 5.73 Å². The van der Waals surface area contributed by atoms with Crippen LogP contribution in [0.1, 0.15) is 59.5 Å². The van der Waals surface area contributed by atoms with Crippen molar-refractivity contribution < 1.29 is 23.1 Å². The molecule has 29 heavy (non-hydrogen) atoms. The Labute approximate surface area is 167 Å². The van der Waals surface area contributed by atoms with Crippen LogP contribution in [0, 0.1) is 0 Å². The van der Waals surface area contributed by atoms with Crippen LogP contribution in [0.25, 0.3) is 0 Å². The molecule has 3 N–H and O–H groups in total. The number of carbonyl (C=O) groups is 1. The third kappa shape index (κ3) is 4.15. The van der Waals surface area contributed by atoms with Gasteiger partial charge in [0.25, 0.3) is 5.91 Å². The second kappa shape index (κ2) is 7.55. The maximum absolute atomic E-state index is 13.6. The molecule has 2 aromatic rings. The number of alkyl halides is 3. The first kappa shape index (κ1) is 20.9. The van der Waals surface area contributed by atoms with E-state index in [1.165, 1.54) is 17.9 Å². The van der Waals surface area contributed by atoms with E-state index in [-0.39, 0.29) is 23.2 Å². The van der Waals surface area contributed by atoms with E-state index >= 15 is 0 Å². The Morgan fingerprint density at radius 3 is 2.52 bits per heavy atom. The number of hydrogen-bond donors (Lipinski definition) is 2. The molecule has 1 aliphatic rings. The number of rotatable bonds is 4. The first-order valence-electron chi connectivity index (χ1n) is 9.23. The van der Waals surface area contributed by atoms with Crippen LogP contribution in [-0.4, -0.2) is 11.0 Å². The number of allylic oxidation sites excluding steroid dienone is 2. The summed E-state index contributed by atoms with van der Waals surface area (Å²) < 4.78 is 40.8. The highest BCUT2D eigenvalue weighted by Gasteiger charge is 2.40. The molecule has 0 spiro atoms. The van der Waals surface area contributed by atoms with Crippen LogP contribution >= 0.6 is 0 Å². The fourth-order valence-electron chi connectivity index (χ4n) is 3.36. The zero-order valence-corrected chi connectivity index (χ0v) is 16.5. The van der Waals surface area contributed by atoms with Gasteiger partial charge >= 0.3 is 6.18 Å². The molecule has 0 fully saturated rings. The predicted molar refractivity (Wildman–Crippen MR) is 105 cm³/mol. The summed E-state index contributed by atoms with van der Waals surface area (Å²) in [5.74, 6) is -0.514. The van der Waals surface area contributed by atoms with E-state index in [1.54, 1.807) is 18.2 Å². The lowest BCUT2D eigenvalue weighted by molar-refractivity contribution is -0.138. The summed E-state index contributed by atoms with van der Waals surface area (Å²) in [7, 11) is 0. The summed E-state index contributed by atoms with van der Waals surface area (Å²) in [4.78, 5) is 14.3. The molecular formula is C22H23F3N2O2. The summed E-state index contributed by atoms with van der Waals surface area (Å²) in [6.07, 6.45) is -5.24. The number of nitrogens with two attached hydrogens (primary N) is 1. The van der Waals surface area contributed by atoms with Crippen molar-refractivity contribution in [3.05, 3.63) is 75.5 Å². The number of halogens is 3.